The fourth-order valence-corrected chi connectivity index (χ4v) is 4.02. The van der Waals surface area contributed by atoms with Crippen LogP contribution in [-0.4, -0.2) is 52.0 Å². The smallest absolute Gasteiger partial charge is 0.324 e. The summed E-state index contributed by atoms with van der Waals surface area (Å²) in [6.45, 7) is 0.0479. The number of carbonyl (C=O) groups is 3. The van der Waals surface area contributed by atoms with Gasteiger partial charge in [-0.05, 0) is 30.0 Å². The number of nitrogens with one attached hydrogen (secondary N) is 3. The molecule has 0 saturated carbocycles. The minimum absolute atomic E-state index is 0.0658. The Kier molecular flexibility index (Phi) is 6.51. The number of aromatic amines is 1. The number of hydrogen-bond acceptors (Lipinski definition) is 4. The summed E-state index contributed by atoms with van der Waals surface area (Å²) in [5.74, 6) is -0.600. The Balaban J connectivity index is 1.29. The zero-order valence-electron chi connectivity index (χ0n) is 17.6. The fraction of sp³-hybridized carbons (Fsp3) is 0.292. The summed E-state index contributed by atoms with van der Waals surface area (Å²) in [4.78, 5) is 41.8. The molecule has 2 aromatic carbocycles. The summed E-state index contributed by atoms with van der Waals surface area (Å²) >= 11 is 0. The van der Waals surface area contributed by atoms with Gasteiger partial charge < -0.3 is 20.7 Å². The average molecular weight is 434 g/mol. The van der Waals surface area contributed by atoms with Crippen molar-refractivity contribution in [2.45, 2.75) is 31.3 Å². The molecule has 0 spiro atoms. The number of benzene rings is 2. The first-order valence-corrected chi connectivity index (χ1v) is 10.7. The van der Waals surface area contributed by atoms with E-state index in [4.69, 9.17) is 0 Å². The number of fused-ring (bicyclic) bond motifs is 1. The molecule has 3 aromatic rings. The average Bonchev–Trinajstić information content (AvgIpc) is 3.35. The molecule has 2 atom stereocenters. The third-order valence-electron chi connectivity index (χ3n) is 5.77. The number of urea groups is 1. The van der Waals surface area contributed by atoms with Gasteiger partial charge in [0, 0.05) is 30.1 Å². The number of nitrogens with zero attached hydrogens (tertiary/aromatic N) is 1. The van der Waals surface area contributed by atoms with Crippen molar-refractivity contribution in [2.24, 2.45) is 0 Å². The van der Waals surface area contributed by atoms with E-state index in [2.05, 4.69) is 15.6 Å². The number of hydrogen-bond donors (Lipinski definition) is 4. The molecule has 1 aromatic heterocycles. The van der Waals surface area contributed by atoms with Crippen molar-refractivity contribution in [3.05, 3.63) is 71.9 Å². The third kappa shape index (κ3) is 4.65. The number of aliphatic hydroxyl groups is 1. The second-order valence-corrected chi connectivity index (χ2v) is 7.85. The number of para-hydroxylation sites is 1. The Morgan fingerprint density at radius 1 is 1.09 bits per heavy atom. The van der Waals surface area contributed by atoms with Crippen LogP contribution in [0.25, 0.3) is 10.9 Å². The highest BCUT2D eigenvalue weighted by molar-refractivity contribution is 6.04. The van der Waals surface area contributed by atoms with Crippen LogP contribution in [0.4, 0.5) is 4.79 Å². The maximum atomic E-state index is 12.7. The van der Waals surface area contributed by atoms with E-state index >= 15 is 0 Å². The minimum atomic E-state index is -0.722. The zero-order valence-corrected chi connectivity index (χ0v) is 17.6. The summed E-state index contributed by atoms with van der Waals surface area (Å²) in [5.41, 5.74) is 2.86. The number of aliphatic hydroxyl groups excluding tert-OH is 1. The van der Waals surface area contributed by atoms with E-state index in [9.17, 15) is 19.5 Å². The van der Waals surface area contributed by atoms with Gasteiger partial charge in [-0.25, -0.2) is 4.79 Å². The molecule has 32 heavy (non-hydrogen) atoms. The van der Waals surface area contributed by atoms with Crippen molar-refractivity contribution in [1.82, 2.24) is 20.5 Å². The van der Waals surface area contributed by atoms with Crippen molar-refractivity contribution in [2.75, 3.05) is 13.2 Å². The molecule has 1 aliphatic rings. The SMILES string of the molecule is O=C(CCC1NC(=O)N(CCc2c[nH]c3ccccc23)C1=O)NC(CO)c1ccccc1. The lowest BCUT2D eigenvalue weighted by Crippen LogP contribution is -2.35. The summed E-state index contributed by atoms with van der Waals surface area (Å²) < 4.78 is 0. The van der Waals surface area contributed by atoms with Crippen LogP contribution in [0.15, 0.2) is 60.8 Å². The van der Waals surface area contributed by atoms with E-state index in [1.165, 1.54) is 4.90 Å². The highest BCUT2D eigenvalue weighted by Crippen LogP contribution is 2.20. The van der Waals surface area contributed by atoms with Crippen LogP contribution < -0.4 is 10.6 Å². The van der Waals surface area contributed by atoms with Gasteiger partial charge in [-0.15, -0.1) is 0 Å². The second-order valence-electron chi connectivity index (χ2n) is 7.85. The van der Waals surface area contributed by atoms with Gasteiger partial charge in [0.25, 0.3) is 5.91 Å². The molecule has 0 radical (unpaired) electrons. The van der Waals surface area contributed by atoms with Gasteiger partial charge in [0.15, 0.2) is 0 Å². The standard InChI is InChI=1S/C24H26N4O4/c29-15-21(16-6-2-1-3-7-16)26-22(30)11-10-20-23(31)28(24(32)27-20)13-12-17-14-25-19-9-5-4-8-18(17)19/h1-9,14,20-21,25,29H,10-13,15H2,(H,26,30)(H,27,32). The van der Waals surface area contributed by atoms with Crippen molar-refractivity contribution >= 4 is 28.7 Å². The number of aromatic nitrogens is 1. The third-order valence-corrected chi connectivity index (χ3v) is 5.77. The lowest BCUT2D eigenvalue weighted by molar-refractivity contribution is -0.127. The number of rotatable bonds is 9. The summed E-state index contributed by atoms with van der Waals surface area (Å²) in [6.07, 6.45) is 2.71. The van der Waals surface area contributed by atoms with Gasteiger partial charge in [0.2, 0.25) is 5.91 Å². The number of carbonyl (C=O) groups excluding carboxylic acids is 3. The number of amides is 4. The topological polar surface area (TPSA) is 115 Å². The van der Waals surface area contributed by atoms with E-state index < -0.39 is 18.1 Å². The molecule has 0 bridgehead atoms. The molecule has 1 aliphatic heterocycles. The first-order valence-electron chi connectivity index (χ1n) is 10.7. The Labute approximate surface area is 185 Å². The zero-order chi connectivity index (χ0) is 22.5. The molecular weight excluding hydrogens is 408 g/mol. The van der Waals surface area contributed by atoms with Crippen molar-refractivity contribution in [1.29, 1.82) is 0 Å². The van der Waals surface area contributed by atoms with E-state index in [0.717, 1.165) is 22.0 Å². The minimum Gasteiger partial charge on any atom is -0.394 e. The van der Waals surface area contributed by atoms with Crippen molar-refractivity contribution in [3.63, 3.8) is 0 Å². The fourth-order valence-electron chi connectivity index (χ4n) is 4.02. The molecule has 4 rings (SSSR count). The van der Waals surface area contributed by atoms with Gasteiger partial charge >= 0.3 is 6.03 Å². The predicted octanol–water partition coefficient (Wildman–Crippen LogP) is 2.26. The van der Waals surface area contributed by atoms with Crippen LogP contribution in [-0.2, 0) is 16.0 Å². The van der Waals surface area contributed by atoms with E-state index in [1.54, 1.807) is 0 Å². The van der Waals surface area contributed by atoms with Crippen molar-refractivity contribution in [3.8, 4) is 0 Å². The van der Waals surface area contributed by atoms with Crippen molar-refractivity contribution < 1.29 is 19.5 Å². The van der Waals surface area contributed by atoms with Crippen LogP contribution >= 0.6 is 0 Å². The predicted molar refractivity (Wildman–Crippen MR) is 120 cm³/mol. The summed E-state index contributed by atoms with van der Waals surface area (Å²) in [7, 11) is 0. The molecule has 2 unspecified atom stereocenters. The van der Waals surface area contributed by atoms with Gasteiger partial charge in [0.05, 0.1) is 12.6 Å². The normalized spacial score (nSPS) is 16.9. The highest BCUT2D eigenvalue weighted by Gasteiger charge is 2.37. The molecule has 166 valence electrons. The van der Waals surface area contributed by atoms with Gasteiger partial charge in [-0.2, -0.15) is 0 Å². The lowest BCUT2D eigenvalue weighted by Gasteiger charge is -2.17. The maximum absolute atomic E-state index is 12.7. The molecule has 1 fully saturated rings. The number of H-pyrrole nitrogens is 1. The number of imide groups is 1. The molecule has 4 N–H and O–H groups in total. The first kappa shape index (κ1) is 21.6. The molecule has 2 heterocycles. The van der Waals surface area contributed by atoms with Gasteiger partial charge in [-0.1, -0.05) is 48.5 Å². The Morgan fingerprint density at radius 2 is 1.84 bits per heavy atom. The first-order chi connectivity index (χ1) is 15.6. The maximum Gasteiger partial charge on any atom is 0.324 e. The van der Waals surface area contributed by atoms with E-state index in [-0.39, 0.29) is 37.8 Å². The molecule has 1 saturated heterocycles. The Bertz CT molecular complexity index is 1110. The van der Waals surface area contributed by atoms with Crippen LogP contribution in [0.2, 0.25) is 0 Å². The Morgan fingerprint density at radius 3 is 2.62 bits per heavy atom. The molecule has 4 amide bonds. The van der Waals surface area contributed by atoms with Crippen LogP contribution in [0.1, 0.15) is 30.0 Å². The quantitative estimate of drug-likeness (QED) is 0.387. The van der Waals surface area contributed by atoms with E-state index in [0.29, 0.717) is 6.42 Å². The monoisotopic (exact) mass is 434 g/mol. The van der Waals surface area contributed by atoms with Gasteiger partial charge in [0.1, 0.15) is 6.04 Å². The molecule has 8 heteroatoms. The molecule has 8 nitrogen and oxygen atoms in total. The summed E-state index contributed by atoms with van der Waals surface area (Å²) in [6, 6.07) is 15.4. The largest absolute Gasteiger partial charge is 0.394 e. The second kappa shape index (κ2) is 9.65. The van der Waals surface area contributed by atoms with Crippen LogP contribution in [0, 0.1) is 0 Å². The lowest BCUT2D eigenvalue weighted by atomic mass is 10.1. The van der Waals surface area contributed by atoms with Crippen LogP contribution in [0.5, 0.6) is 0 Å². The van der Waals surface area contributed by atoms with Gasteiger partial charge in [-0.3, -0.25) is 14.5 Å². The molecular formula is C24H26N4O4. The molecule has 0 aliphatic carbocycles. The highest BCUT2D eigenvalue weighted by atomic mass is 16.3. The van der Waals surface area contributed by atoms with Crippen LogP contribution in [0.3, 0.4) is 0 Å². The Hall–Kier alpha value is -3.65. The van der Waals surface area contributed by atoms with E-state index in [1.807, 2.05) is 60.8 Å². The summed E-state index contributed by atoms with van der Waals surface area (Å²) in [5, 5.41) is 16.1.